The van der Waals surface area contributed by atoms with Crippen LogP contribution in [0.3, 0.4) is 0 Å². The fraction of sp³-hybridized carbons (Fsp3) is 0.857. The molecule has 1 N–H and O–H groups in total. The zero-order valence-electron chi connectivity index (χ0n) is 11.1. The topological polar surface area (TPSA) is 21.3 Å². The second-order valence-corrected chi connectivity index (χ2v) is 5.65. The molecule has 94 valence electrons. The lowest BCUT2D eigenvalue weighted by atomic mass is 10.1. The second kappa shape index (κ2) is 7.08. The Balaban J connectivity index is 1.92. The SMILES string of the molecule is CC(C)(C)NCCC=CCCC1CCCO1. The van der Waals surface area contributed by atoms with E-state index in [-0.39, 0.29) is 5.54 Å². The molecule has 1 heterocycles. The van der Waals surface area contributed by atoms with Gasteiger partial charge < -0.3 is 10.1 Å². The first-order valence-corrected chi connectivity index (χ1v) is 6.59. The van der Waals surface area contributed by atoms with E-state index in [9.17, 15) is 0 Å². The van der Waals surface area contributed by atoms with Gasteiger partial charge in [-0.05, 0) is 59.4 Å². The van der Waals surface area contributed by atoms with E-state index in [0.717, 1.165) is 19.6 Å². The highest BCUT2D eigenvalue weighted by molar-refractivity contribution is 4.84. The van der Waals surface area contributed by atoms with E-state index in [1.165, 1.54) is 25.7 Å². The summed E-state index contributed by atoms with van der Waals surface area (Å²) in [6, 6.07) is 0. The van der Waals surface area contributed by atoms with Gasteiger partial charge in [-0.1, -0.05) is 12.2 Å². The van der Waals surface area contributed by atoms with Crippen molar-refractivity contribution in [1.82, 2.24) is 5.32 Å². The molecule has 1 saturated heterocycles. The van der Waals surface area contributed by atoms with Gasteiger partial charge in [-0.15, -0.1) is 0 Å². The Morgan fingerprint density at radius 2 is 2.00 bits per heavy atom. The number of hydrogen-bond acceptors (Lipinski definition) is 2. The molecule has 0 aromatic heterocycles. The molecule has 1 aliphatic heterocycles. The van der Waals surface area contributed by atoms with Gasteiger partial charge in [0.05, 0.1) is 6.10 Å². The predicted octanol–water partition coefficient (Wildman–Crippen LogP) is 3.28. The summed E-state index contributed by atoms with van der Waals surface area (Å²) in [6.07, 6.45) is 11.1. The molecule has 0 bridgehead atoms. The normalized spacial score (nSPS) is 22.1. The van der Waals surface area contributed by atoms with E-state index >= 15 is 0 Å². The average Bonchev–Trinajstić information content (AvgIpc) is 2.67. The quantitative estimate of drug-likeness (QED) is 0.553. The minimum Gasteiger partial charge on any atom is -0.378 e. The van der Waals surface area contributed by atoms with E-state index in [4.69, 9.17) is 4.74 Å². The molecule has 1 fully saturated rings. The van der Waals surface area contributed by atoms with Crippen molar-refractivity contribution in [2.24, 2.45) is 0 Å². The van der Waals surface area contributed by atoms with Gasteiger partial charge >= 0.3 is 0 Å². The highest BCUT2D eigenvalue weighted by atomic mass is 16.5. The largest absolute Gasteiger partial charge is 0.378 e. The monoisotopic (exact) mass is 225 g/mol. The smallest absolute Gasteiger partial charge is 0.0579 e. The van der Waals surface area contributed by atoms with Gasteiger partial charge in [0.2, 0.25) is 0 Å². The van der Waals surface area contributed by atoms with Crippen LogP contribution in [-0.4, -0.2) is 24.8 Å². The van der Waals surface area contributed by atoms with Crippen LogP contribution < -0.4 is 5.32 Å². The Labute approximate surface area is 100 Å². The molecule has 0 radical (unpaired) electrons. The molecule has 0 saturated carbocycles. The third-order valence-electron chi connectivity index (χ3n) is 2.81. The van der Waals surface area contributed by atoms with Crippen LogP contribution in [0.1, 0.15) is 52.9 Å². The zero-order chi connectivity index (χ0) is 11.9. The first-order chi connectivity index (χ1) is 7.58. The molecule has 0 aliphatic carbocycles. The molecule has 2 nitrogen and oxygen atoms in total. The maximum absolute atomic E-state index is 5.58. The van der Waals surface area contributed by atoms with Gasteiger partial charge in [-0.25, -0.2) is 0 Å². The minimum absolute atomic E-state index is 0.242. The third-order valence-corrected chi connectivity index (χ3v) is 2.81. The minimum atomic E-state index is 0.242. The summed E-state index contributed by atoms with van der Waals surface area (Å²) >= 11 is 0. The van der Waals surface area contributed by atoms with Crippen molar-refractivity contribution in [3.8, 4) is 0 Å². The zero-order valence-corrected chi connectivity index (χ0v) is 11.1. The molecule has 0 spiro atoms. The molecule has 2 heteroatoms. The molecule has 1 atom stereocenters. The van der Waals surface area contributed by atoms with Crippen LogP contribution in [0.2, 0.25) is 0 Å². The molecule has 0 aromatic carbocycles. The number of rotatable bonds is 6. The van der Waals surface area contributed by atoms with Crippen molar-refractivity contribution < 1.29 is 4.74 Å². The van der Waals surface area contributed by atoms with Crippen LogP contribution in [0.15, 0.2) is 12.2 Å². The lowest BCUT2D eigenvalue weighted by Gasteiger charge is -2.19. The number of allylic oxidation sites excluding steroid dienone is 1. The van der Waals surface area contributed by atoms with Crippen molar-refractivity contribution in [2.75, 3.05) is 13.2 Å². The molecule has 1 aliphatic rings. The van der Waals surface area contributed by atoms with Crippen LogP contribution in [0, 0.1) is 0 Å². The Morgan fingerprint density at radius 1 is 1.25 bits per heavy atom. The summed E-state index contributed by atoms with van der Waals surface area (Å²) < 4.78 is 5.58. The van der Waals surface area contributed by atoms with Crippen LogP contribution in [0.5, 0.6) is 0 Å². The van der Waals surface area contributed by atoms with Gasteiger partial charge in [-0.2, -0.15) is 0 Å². The molecule has 1 unspecified atom stereocenters. The van der Waals surface area contributed by atoms with E-state index in [1.807, 2.05) is 0 Å². The Bertz CT molecular complexity index is 199. The highest BCUT2D eigenvalue weighted by Crippen LogP contribution is 2.16. The maximum atomic E-state index is 5.58. The summed E-state index contributed by atoms with van der Waals surface area (Å²) in [6.45, 7) is 8.65. The second-order valence-electron chi connectivity index (χ2n) is 5.65. The summed E-state index contributed by atoms with van der Waals surface area (Å²) in [5.41, 5.74) is 0.242. The maximum Gasteiger partial charge on any atom is 0.0579 e. The first-order valence-electron chi connectivity index (χ1n) is 6.59. The van der Waals surface area contributed by atoms with Gasteiger partial charge in [0.15, 0.2) is 0 Å². The standard InChI is InChI=1S/C14H27NO/c1-14(2,3)15-11-7-5-4-6-9-13-10-8-12-16-13/h4-5,13,15H,6-12H2,1-3H3. The molecular weight excluding hydrogens is 198 g/mol. The van der Waals surface area contributed by atoms with Gasteiger partial charge in [0.1, 0.15) is 0 Å². The lowest BCUT2D eigenvalue weighted by Crippen LogP contribution is -2.36. The Kier molecular flexibility index (Phi) is 6.07. The number of nitrogens with one attached hydrogen (secondary N) is 1. The fourth-order valence-electron chi connectivity index (χ4n) is 1.92. The van der Waals surface area contributed by atoms with Gasteiger partial charge in [-0.3, -0.25) is 0 Å². The summed E-state index contributed by atoms with van der Waals surface area (Å²) in [7, 11) is 0. The lowest BCUT2D eigenvalue weighted by molar-refractivity contribution is 0.105. The van der Waals surface area contributed by atoms with Crippen molar-refractivity contribution in [2.45, 2.75) is 64.5 Å². The fourth-order valence-corrected chi connectivity index (χ4v) is 1.92. The van der Waals surface area contributed by atoms with Crippen molar-refractivity contribution in [3.63, 3.8) is 0 Å². The van der Waals surface area contributed by atoms with Gasteiger partial charge in [0, 0.05) is 12.1 Å². The van der Waals surface area contributed by atoms with Crippen LogP contribution in [0.4, 0.5) is 0 Å². The molecule has 0 aromatic rings. The molecule has 1 rings (SSSR count). The average molecular weight is 225 g/mol. The first kappa shape index (κ1) is 13.7. The van der Waals surface area contributed by atoms with E-state index in [0.29, 0.717) is 6.10 Å². The van der Waals surface area contributed by atoms with E-state index < -0.39 is 0 Å². The van der Waals surface area contributed by atoms with Crippen molar-refractivity contribution >= 4 is 0 Å². The van der Waals surface area contributed by atoms with Crippen LogP contribution >= 0.6 is 0 Å². The number of hydrogen-bond donors (Lipinski definition) is 1. The molecule has 16 heavy (non-hydrogen) atoms. The summed E-state index contributed by atoms with van der Waals surface area (Å²) in [4.78, 5) is 0. The van der Waals surface area contributed by atoms with E-state index in [2.05, 4.69) is 38.2 Å². The summed E-state index contributed by atoms with van der Waals surface area (Å²) in [5.74, 6) is 0. The third kappa shape index (κ3) is 7.02. The predicted molar refractivity (Wildman–Crippen MR) is 69.7 cm³/mol. The van der Waals surface area contributed by atoms with Crippen molar-refractivity contribution in [3.05, 3.63) is 12.2 Å². The summed E-state index contributed by atoms with van der Waals surface area (Å²) in [5, 5.41) is 3.48. The van der Waals surface area contributed by atoms with Gasteiger partial charge in [0.25, 0.3) is 0 Å². The van der Waals surface area contributed by atoms with Crippen LogP contribution in [0.25, 0.3) is 0 Å². The molecule has 0 amide bonds. The highest BCUT2D eigenvalue weighted by Gasteiger charge is 2.13. The number of ether oxygens (including phenoxy) is 1. The Morgan fingerprint density at radius 3 is 2.62 bits per heavy atom. The van der Waals surface area contributed by atoms with Crippen molar-refractivity contribution in [1.29, 1.82) is 0 Å². The van der Waals surface area contributed by atoms with Crippen LogP contribution in [-0.2, 0) is 4.74 Å². The molecular formula is C14H27NO. The van der Waals surface area contributed by atoms with E-state index in [1.54, 1.807) is 0 Å². The Hall–Kier alpha value is -0.340.